The first-order valence-corrected chi connectivity index (χ1v) is 9.66. The molecule has 0 spiro atoms. The number of alkyl halides is 2. The van der Waals surface area contributed by atoms with Gasteiger partial charge in [0.15, 0.2) is 17.5 Å². The van der Waals surface area contributed by atoms with Crippen LogP contribution in [0.25, 0.3) is 0 Å². The Morgan fingerprint density at radius 1 is 1.14 bits per heavy atom. The van der Waals surface area contributed by atoms with Crippen molar-refractivity contribution in [2.75, 3.05) is 26.8 Å². The molecular formula is C20H33F2N3O3. The van der Waals surface area contributed by atoms with Crippen molar-refractivity contribution < 1.29 is 23.0 Å². The maximum absolute atomic E-state index is 12.6. The zero-order valence-corrected chi connectivity index (χ0v) is 17.4. The number of ether oxygens (including phenoxy) is 3. The number of hydrogen-bond acceptors (Lipinski definition) is 4. The Balaban J connectivity index is 2.73. The molecule has 8 heteroatoms. The van der Waals surface area contributed by atoms with E-state index < -0.39 is 6.61 Å². The van der Waals surface area contributed by atoms with Crippen LogP contribution in [-0.2, 0) is 11.3 Å². The van der Waals surface area contributed by atoms with Gasteiger partial charge in [0.2, 0.25) is 0 Å². The molecule has 0 aromatic heterocycles. The predicted molar refractivity (Wildman–Crippen MR) is 107 cm³/mol. The monoisotopic (exact) mass is 401 g/mol. The Kier molecular flexibility index (Phi) is 11.2. The zero-order valence-electron chi connectivity index (χ0n) is 17.4. The van der Waals surface area contributed by atoms with Crippen LogP contribution < -0.4 is 20.1 Å². The zero-order chi connectivity index (χ0) is 20.9. The van der Waals surface area contributed by atoms with Gasteiger partial charge in [-0.2, -0.15) is 8.78 Å². The van der Waals surface area contributed by atoms with Gasteiger partial charge in [-0.15, -0.1) is 0 Å². The van der Waals surface area contributed by atoms with E-state index in [9.17, 15) is 8.78 Å². The molecule has 0 aliphatic carbocycles. The van der Waals surface area contributed by atoms with Crippen LogP contribution in [0.5, 0.6) is 11.5 Å². The first-order chi connectivity index (χ1) is 13.4. The first kappa shape index (κ1) is 23.9. The molecule has 1 rings (SSSR count). The molecule has 28 heavy (non-hydrogen) atoms. The van der Waals surface area contributed by atoms with Crippen LogP contribution in [0.4, 0.5) is 8.78 Å². The fourth-order valence-corrected chi connectivity index (χ4v) is 2.68. The molecule has 0 bridgehead atoms. The minimum atomic E-state index is -2.91. The molecule has 1 atom stereocenters. The lowest BCUT2D eigenvalue weighted by molar-refractivity contribution is -0.0512. The SMILES string of the molecule is CCNC(=NCc1ccc(OC)c(OC(F)F)c1)NCCC(OCC)C(C)C. The van der Waals surface area contributed by atoms with Crippen molar-refractivity contribution in [3.8, 4) is 11.5 Å². The van der Waals surface area contributed by atoms with Crippen molar-refractivity contribution in [3.63, 3.8) is 0 Å². The molecular weight excluding hydrogens is 368 g/mol. The average Bonchev–Trinajstić information content (AvgIpc) is 2.64. The molecule has 0 amide bonds. The lowest BCUT2D eigenvalue weighted by Crippen LogP contribution is -2.39. The Hall–Kier alpha value is -2.09. The van der Waals surface area contributed by atoms with Gasteiger partial charge >= 0.3 is 6.61 Å². The van der Waals surface area contributed by atoms with Gasteiger partial charge < -0.3 is 24.8 Å². The average molecular weight is 401 g/mol. The second kappa shape index (κ2) is 13.1. The minimum Gasteiger partial charge on any atom is -0.493 e. The Bertz CT molecular complexity index is 598. The third-order valence-electron chi connectivity index (χ3n) is 4.05. The molecule has 0 aliphatic rings. The summed E-state index contributed by atoms with van der Waals surface area (Å²) >= 11 is 0. The van der Waals surface area contributed by atoms with Gasteiger partial charge in [-0.3, -0.25) is 0 Å². The number of rotatable bonds is 12. The largest absolute Gasteiger partial charge is 0.493 e. The number of hydrogen-bond donors (Lipinski definition) is 2. The third kappa shape index (κ3) is 8.73. The number of nitrogens with one attached hydrogen (secondary N) is 2. The topological polar surface area (TPSA) is 64.1 Å². The molecule has 160 valence electrons. The van der Waals surface area contributed by atoms with E-state index in [1.54, 1.807) is 12.1 Å². The molecule has 0 heterocycles. The molecule has 0 saturated heterocycles. The van der Waals surface area contributed by atoms with Crippen molar-refractivity contribution in [3.05, 3.63) is 23.8 Å². The quantitative estimate of drug-likeness (QED) is 0.412. The standard InChI is InChI=1S/C20H33F2N3O3/c1-6-23-20(24-11-10-16(14(3)4)27-7-2)25-13-15-8-9-17(26-5)18(12-15)28-19(21)22/h8-9,12,14,16,19H,6-7,10-11,13H2,1-5H3,(H2,23,24,25). The summed E-state index contributed by atoms with van der Waals surface area (Å²) in [6.45, 7) is 7.79. The number of benzene rings is 1. The lowest BCUT2D eigenvalue weighted by Gasteiger charge is -2.21. The first-order valence-electron chi connectivity index (χ1n) is 9.66. The number of aliphatic imine (C=N–C) groups is 1. The normalized spacial score (nSPS) is 13.0. The van der Waals surface area contributed by atoms with E-state index in [0.717, 1.165) is 18.5 Å². The third-order valence-corrected chi connectivity index (χ3v) is 4.05. The number of halogens is 2. The van der Waals surface area contributed by atoms with E-state index in [4.69, 9.17) is 9.47 Å². The van der Waals surface area contributed by atoms with Gasteiger partial charge in [-0.25, -0.2) is 4.99 Å². The molecule has 0 radical (unpaired) electrons. The summed E-state index contributed by atoms with van der Waals surface area (Å²) in [5.74, 6) is 1.36. The van der Waals surface area contributed by atoms with E-state index in [2.05, 4.69) is 34.2 Å². The van der Waals surface area contributed by atoms with Crippen LogP contribution in [-0.4, -0.2) is 45.5 Å². The van der Waals surface area contributed by atoms with Crippen LogP contribution in [0.2, 0.25) is 0 Å². The molecule has 1 aromatic carbocycles. The predicted octanol–water partition coefficient (Wildman–Crippen LogP) is 3.80. The lowest BCUT2D eigenvalue weighted by atomic mass is 10.0. The van der Waals surface area contributed by atoms with Crippen LogP contribution in [0, 0.1) is 5.92 Å². The summed E-state index contributed by atoms with van der Waals surface area (Å²) in [5, 5.41) is 6.47. The van der Waals surface area contributed by atoms with Crippen molar-refractivity contribution in [1.29, 1.82) is 0 Å². The Morgan fingerprint density at radius 3 is 2.46 bits per heavy atom. The van der Waals surface area contributed by atoms with Gasteiger partial charge in [-0.05, 0) is 43.9 Å². The fourth-order valence-electron chi connectivity index (χ4n) is 2.68. The van der Waals surface area contributed by atoms with E-state index in [1.807, 2.05) is 13.8 Å². The highest BCUT2D eigenvalue weighted by molar-refractivity contribution is 5.79. The summed E-state index contributed by atoms with van der Waals surface area (Å²) < 4.78 is 40.4. The number of methoxy groups -OCH3 is 1. The van der Waals surface area contributed by atoms with Gasteiger partial charge in [0.05, 0.1) is 19.8 Å². The van der Waals surface area contributed by atoms with Crippen LogP contribution in [0.1, 0.15) is 39.7 Å². The fraction of sp³-hybridized carbons (Fsp3) is 0.650. The van der Waals surface area contributed by atoms with Crippen molar-refractivity contribution in [2.45, 2.75) is 53.4 Å². The molecule has 6 nitrogen and oxygen atoms in total. The highest BCUT2D eigenvalue weighted by atomic mass is 19.3. The van der Waals surface area contributed by atoms with Gasteiger partial charge in [-0.1, -0.05) is 19.9 Å². The van der Waals surface area contributed by atoms with Crippen LogP contribution in [0.15, 0.2) is 23.2 Å². The second-order valence-corrected chi connectivity index (χ2v) is 6.51. The molecule has 1 aromatic rings. The summed E-state index contributed by atoms with van der Waals surface area (Å²) in [6.07, 6.45) is 1.06. The summed E-state index contributed by atoms with van der Waals surface area (Å²) in [7, 11) is 1.41. The smallest absolute Gasteiger partial charge is 0.387 e. The van der Waals surface area contributed by atoms with E-state index in [0.29, 0.717) is 31.6 Å². The highest BCUT2D eigenvalue weighted by Gasteiger charge is 2.13. The maximum atomic E-state index is 12.6. The molecule has 0 aliphatic heterocycles. The Morgan fingerprint density at radius 2 is 1.89 bits per heavy atom. The van der Waals surface area contributed by atoms with Gasteiger partial charge in [0.25, 0.3) is 0 Å². The van der Waals surface area contributed by atoms with Crippen molar-refractivity contribution >= 4 is 5.96 Å². The summed E-state index contributed by atoms with van der Waals surface area (Å²) in [5.41, 5.74) is 0.739. The van der Waals surface area contributed by atoms with Crippen molar-refractivity contribution in [1.82, 2.24) is 10.6 Å². The maximum Gasteiger partial charge on any atom is 0.387 e. The van der Waals surface area contributed by atoms with E-state index >= 15 is 0 Å². The van der Waals surface area contributed by atoms with E-state index in [1.165, 1.54) is 13.2 Å². The van der Waals surface area contributed by atoms with Crippen LogP contribution in [0.3, 0.4) is 0 Å². The molecule has 0 saturated carbocycles. The Labute approximate surface area is 166 Å². The molecule has 2 N–H and O–H groups in total. The van der Waals surface area contributed by atoms with E-state index in [-0.39, 0.29) is 17.6 Å². The number of nitrogens with zero attached hydrogens (tertiary/aromatic N) is 1. The van der Waals surface area contributed by atoms with Gasteiger partial charge in [0, 0.05) is 19.7 Å². The minimum absolute atomic E-state index is 0.000325. The molecule has 0 fully saturated rings. The summed E-state index contributed by atoms with van der Waals surface area (Å²) in [6, 6.07) is 4.88. The molecule has 1 unspecified atom stereocenters. The number of guanidine groups is 1. The summed E-state index contributed by atoms with van der Waals surface area (Å²) in [4.78, 5) is 4.52. The van der Waals surface area contributed by atoms with Crippen molar-refractivity contribution in [2.24, 2.45) is 10.9 Å². The highest BCUT2D eigenvalue weighted by Crippen LogP contribution is 2.29. The second-order valence-electron chi connectivity index (χ2n) is 6.51. The van der Waals surface area contributed by atoms with Gasteiger partial charge in [0.1, 0.15) is 0 Å². The van der Waals surface area contributed by atoms with Crippen LogP contribution >= 0.6 is 0 Å².